The molecule has 2 aromatic carbocycles. The fourth-order valence-electron chi connectivity index (χ4n) is 2.96. The fraction of sp³-hybridized carbons (Fsp3) is 0.350. The fourth-order valence-corrected chi connectivity index (χ4v) is 4.05. The Kier molecular flexibility index (Phi) is 6.00. The second-order valence-corrected chi connectivity index (χ2v) is 8.22. The summed E-state index contributed by atoms with van der Waals surface area (Å²) in [6.07, 6.45) is -0.820. The van der Waals surface area contributed by atoms with Crippen LogP contribution in [0.3, 0.4) is 0 Å². The molecule has 1 heterocycles. The highest BCUT2D eigenvalue weighted by atomic mass is 32.2. The van der Waals surface area contributed by atoms with Crippen molar-refractivity contribution in [1.82, 2.24) is 0 Å². The van der Waals surface area contributed by atoms with Gasteiger partial charge in [-0.3, -0.25) is 8.98 Å². The molecule has 2 unspecified atom stereocenters. The number of hydrogen-bond acceptors (Lipinski definition) is 6. The molecule has 0 spiro atoms. The number of carbonyl (C=O) groups excluding carboxylic acids is 1. The van der Waals surface area contributed by atoms with Gasteiger partial charge in [-0.25, -0.2) is 4.39 Å². The number of aryl methyl sites for hydroxylation is 2. The number of fused-ring (bicyclic) bond motifs is 1. The molecule has 0 radical (unpaired) electrons. The molecule has 0 aromatic heterocycles. The van der Waals surface area contributed by atoms with Crippen LogP contribution in [0.15, 0.2) is 47.4 Å². The minimum Gasteiger partial charge on any atom is -0.487 e. The molecule has 1 aliphatic rings. The van der Waals surface area contributed by atoms with Gasteiger partial charge in [-0.2, -0.15) is 8.42 Å². The maximum Gasteiger partial charge on any atom is 0.302 e. The van der Waals surface area contributed by atoms with Gasteiger partial charge < -0.3 is 9.47 Å². The van der Waals surface area contributed by atoms with Crippen molar-refractivity contribution in [3.63, 3.8) is 0 Å². The van der Waals surface area contributed by atoms with E-state index in [0.717, 1.165) is 5.56 Å². The number of hydrogen-bond donors (Lipinski definition) is 0. The summed E-state index contributed by atoms with van der Waals surface area (Å²) in [7, 11) is -4.09. The van der Waals surface area contributed by atoms with Crippen molar-refractivity contribution in [3.05, 3.63) is 59.4 Å². The molecule has 0 aliphatic carbocycles. The van der Waals surface area contributed by atoms with Crippen molar-refractivity contribution in [2.24, 2.45) is 0 Å². The first-order valence-electron chi connectivity index (χ1n) is 8.83. The molecule has 150 valence electrons. The van der Waals surface area contributed by atoms with E-state index in [2.05, 4.69) is 0 Å². The second-order valence-electron chi connectivity index (χ2n) is 6.65. The highest BCUT2D eigenvalue weighted by Gasteiger charge is 2.34. The first kappa shape index (κ1) is 20.3. The Morgan fingerprint density at radius 2 is 1.96 bits per heavy atom. The van der Waals surface area contributed by atoms with Crippen molar-refractivity contribution >= 4 is 16.1 Å². The second kappa shape index (κ2) is 8.28. The summed E-state index contributed by atoms with van der Waals surface area (Å²) in [5.41, 5.74) is 1.61. The lowest BCUT2D eigenvalue weighted by Gasteiger charge is -2.31. The molecule has 0 amide bonds. The zero-order chi connectivity index (χ0) is 20.3. The summed E-state index contributed by atoms with van der Waals surface area (Å²) in [4.78, 5) is 11.2. The van der Waals surface area contributed by atoms with Gasteiger partial charge in [0.15, 0.2) is 0 Å². The van der Waals surface area contributed by atoms with Crippen LogP contribution >= 0.6 is 0 Å². The van der Waals surface area contributed by atoms with Crippen molar-refractivity contribution in [2.75, 3.05) is 6.61 Å². The molecule has 8 heteroatoms. The molecule has 0 fully saturated rings. The maximum absolute atomic E-state index is 13.4. The molecule has 2 atom stereocenters. The lowest BCUT2D eigenvalue weighted by Crippen LogP contribution is -2.41. The topological polar surface area (TPSA) is 78.9 Å². The molecule has 0 saturated heterocycles. The number of halogens is 1. The largest absolute Gasteiger partial charge is 0.487 e. The van der Waals surface area contributed by atoms with E-state index in [1.807, 2.05) is 6.92 Å². The number of esters is 1. The van der Waals surface area contributed by atoms with Crippen LogP contribution in [-0.2, 0) is 30.3 Å². The quantitative estimate of drug-likeness (QED) is 0.540. The van der Waals surface area contributed by atoms with Crippen LogP contribution in [0.5, 0.6) is 5.75 Å². The average molecular weight is 408 g/mol. The minimum atomic E-state index is -4.09. The van der Waals surface area contributed by atoms with E-state index >= 15 is 0 Å². The van der Waals surface area contributed by atoms with E-state index in [4.69, 9.17) is 13.7 Å². The van der Waals surface area contributed by atoms with Crippen molar-refractivity contribution < 1.29 is 31.3 Å². The Hall–Kier alpha value is -2.45. The highest BCUT2D eigenvalue weighted by Crippen LogP contribution is 2.31. The molecule has 3 rings (SSSR count). The van der Waals surface area contributed by atoms with Crippen LogP contribution < -0.4 is 4.74 Å². The monoisotopic (exact) mass is 408 g/mol. The molecule has 0 N–H and O–H groups in total. The molecular formula is C20H21FO6S. The molecule has 2 aromatic rings. The van der Waals surface area contributed by atoms with Gasteiger partial charge in [0, 0.05) is 6.92 Å². The van der Waals surface area contributed by atoms with Gasteiger partial charge in [0.1, 0.15) is 30.4 Å². The lowest BCUT2D eigenvalue weighted by atomic mass is 9.99. The Labute approximate surface area is 163 Å². The maximum atomic E-state index is 13.4. The van der Waals surface area contributed by atoms with Crippen molar-refractivity contribution in [1.29, 1.82) is 0 Å². The number of carbonyl (C=O) groups is 1. The van der Waals surface area contributed by atoms with Gasteiger partial charge in [0.25, 0.3) is 10.1 Å². The van der Waals surface area contributed by atoms with Gasteiger partial charge in [-0.15, -0.1) is 0 Å². The molecule has 0 bridgehead atoms. The molecular weight excluding hydrogens is 387 g/mol. The van der Waals surface area contributed by atoms with Crippen LogP contribution in [-0.4, -0.2) is 33.2 Å². The lowest BCUT2D eigenvalue weighted by molar-refractivity contribution is -0.145. The number of rotatable bonds is 6. The minimum absolute atomic E-state index is 0.00389. The number of ether oxygens (including phenoxy) is 2. The summed E-state index contributed by atoms with van der Waals surface area (Å²) in [6.45, 7) is 2.80. The van der Waals surface area contributed by atoms with Gasteiger partial charge in [-0.1, -0.05) is 17.7 Å². The average Bonchev–Trinajstić information content (AvgIpc) is 2.65. The normalized spacial score (nSPS) is 17.3. The highest BCUT2D eigenvalue weighted by molar-refractivity contribution is 7.86. The van der Waals surface area contributed by atoms with E-state index < -0.39 is 28.3 Å². The standard InChI is InChI=1S/C20H21FO6S/c1-13-3-7-17(8-4-13)28(23,24)27-20(12-25-14(2)22)19-9-5-15-11-16(21)6-10-18(15)26-19/h3-4,6-8,10-11,19-20H,5,9,12H2,1-2H3. The predicted octanol–water partition coefficient (Wildman–Crippen LogP) is 3.16. The van der Waals surface area contributed by atoms with E-state index in [1.54, 1.807) is 12.1 Å². The van der Waals surface area contributed by atoms with Crippen LogP contribution in [0.1, 0.15) is 24.5 Å². The Balaban J connectivity index is 1.82. The van der Waals surface area contributed by atoms with Gasteiger partial charge in [-0.05, 0) is 55.7 Å². The summed E-state index contributed by atoms with van der Waals surface area (Å²) < 4.78 is 54.9. The number of benzene rings is 2. The molecule has 6 nitrogen and oxygen atoms in total. The zero-order valence-electron chi connectivity index (χ0n) is 15.6. The summed E-state index contributed by atoms with van der Waals surface area (Å²) in [5.74, 6) is -0.461. The predicted molar refractivity (Wildman–Crippen MR) is 99.0 cm³/mol. The van der Waals surface area contributed by atoms with E-state index in [0.29, 0.717) is 24.2 Å². The molecule has 1 aliphatic heterocycles. The van der Waals surface area contributed by atoms with Crippen LogP contribution in [0.2, 0.25) is 0 Å². The summed E-state index contributed by atoms with van der Waals surface area (Å²) in [5, 5.41) is 0. The Bertz CT molecular complexity index is 955. The Morgan fingerprint density at radius 3 is 2.64 bits per heavy atom. The van der Waals surface area contributed by atoms with Gasteiger partial charge in [0.2, 0.25) is 0 Å². The van der Waals surface area contributed by atoms with E-state index in [9.17, 15) is 17.6 Å². The third-order valence-corrected chi connectivity index (χ3v) is 5.77. The molecule has 28 heavy (non-hydrogen) atoms. The van der Waals surface area contributed by atoms with Crippen LogP contribution in [0.4, 0.5) is 4.39 Å². The van der Waals surface area contributed by atoms with E-state index in [1.165, 1.54) is 37.3 Å². The van der Waals surface area contributed by atoms with Gasteiger partial charge in [0.05, 0.1) is 4.90 Å². The summed E-state index contributed by atoms with van der Waals surface area (Å²) >= 11 is 0. The first-order chi connectivity index (χ1) is 13.2. The van der Waals surface area contributed by atoms with Crippen LogP contribution in [0, 0.1) is 12.7 Å². The van der Waals surface area contributed by atoms with Crippen LogP contribution in [0.25, 0.3) is 0 Å². The SMILES string of the molecule is CC(=O)OCC(OS(=O)(=O)c1ccc(C)cc1)C1CCc2cc(F)ccc2O1. The summed E-state index contributed by atoms with van der Waals surface area (Å²) in [6, 6.07) is 10.4. The first-order valence-corrected chi connectivity index (χ1v) is 10.2. The smallest absolute Gasteiger partial charge is 0.302 e. The van der Waals surface area contributed by atoms with Crippen molar-refractivity contribution in [3.8, 4) is 5.75 Å². The third-order valence-electron chi connectivity index (χ3n) is 4.42. The van der Waals surface area contributed by atoms with E-state index in [-0.39, 0.29) is 17.3 Å². The molecule has 0 saturated carbocycles. The third kappa shape index (κ3) is 4.88. The van der Waals surface area contributed by atoms with Crippen molar-refractivity contribution in [2.45, 2.75) is 43.8 Å². The Morgan fingerprint density at radius 1 is 1.25 bits per heavy atom. The van der Waals surface area contributed by atoms with Gasteiger partial charge >= 0.3 is 5.97 Å². The zero-order valence-corrected chi connectivity index (χ0v) is 16.4.